The second-order valence-electron chi connectivity index (χ2n) is 4.78. The molecule has 0 bridgehead atoms. The number of nitrogens with two attached hydrogens (primary N) is 1. The average molecular weight is 254 g/mol. The van der Waals surface area contributed by atoms with E-state index in [1.54, 1.807) is 18.0 Å². The van der Waals surface area contributed by atoms with Crippen molar-refractivity contribution in [2.24, 2.45) is 0 Å². The maximum Gasteiger partial charge on any atom is 0.253 e. The maximum atomic E-state index is 12.3. The number of hydrogen-bond donors (Lipinski definition) is 1. The summed E-state index contributed by atoms with van der Waals surface area (Å²) in [7, 11) is 1.80. The van der Waals surface area contributed by atoms with Crippen LogP contribution in [0.4, 0.5) is 5.69 Å². The quantitative estimate of drug-likeness (QED) is 0.856. The summed E-state index contributed by atoms with van der Waals surface area (Å²) in [4.78, 5) is 14.0. The lowest BCUT2D eigenvalue weighted by molar-refractivity contribution is 0.0785. The van der Waals surface area contributed by atoms with E-state index in [0.29, 0.717) is 17.8 Å². The predicted octanol–water partition coefficient (Wildman–Crippen LogP) is 2.85. The monoisotopic (exact) mass is 254 g/mol. The lowest BCUT2D eigenvalue weighted by atomic mass is 10.1. The van der Waals surface area contributed by atoms with Gasteiger partial charge in [-0.1, -0.05) is 30.3 Å². The van der Waals surface area contributed by atoms with Crippen LogP contribution in [0.3, 0.4) is 0 Å². The van der Waals surface area contributed by atoms with Crippen molar-refractivity contribution in [1.29, 1.82) is 0 Å². The lowest BCUT2D eigenvalue weighted by Crippen LogP contribution is -2.26. The molecule has 19 heavy (non-hydrogen) atoms. The number of hydrogen-bond acceptors (Lipinski definition) is 2. The zero-order valence-corrected chi connectivity index (χ0v) is 11.3. The van der Waals surface area contributed by atoms with Crippen molar-refractivity contribution in [3.8, 4) is 0 Å². The van der Waals surface area contributed by atoms with E-state index in [9.17, 15) is 4.79 Å². The smallest absolute Gasteiger partial charge is 0.253 e. The van der Waals surface area contributed by atoms with E-state index >= 15 is 0 Å². The highest BCUT2D eigenvalue weighted by Gasteiger charge is 2.12. The van der Waals surface area contributed by atoms with E-state index in [2.05, 4.69) is 0 Å². The van der Waals surface area contributed by atoms with Gasteiger partial charge in [0.05, 0.1) is 0 Å². The van der Waals surface area contributed by atoms with Crippen molar-refractivity contribution < 1.29 is 4.79 Å². The van der Waals surface area contributed by atoms with Crippen LogP contribution in [0.25, 0.3) is 0 Å². The summed E-state index contributed by atoms with van der Waals surface area (Å²) >= 11 is 0. The first-order chi connectivity index (χ1) is 9.06. The first-order valence-corrected chi connectivity index (χ1v) is 6.23. The number of carbonyl (C=O) groups is 1. The first kappa shape index (κ1) is 13.1. The average Bonchev–Trinajstić information content (AvgIpc) is 2.37. The van der Waals surface area contributed by atoms with Gasteiger partial charge in [-0.15, -0.1) is 0 Å². The molecule has 2 rings (SSSR count). The summed E-state index contributed by atoms with van der Waals surface area (Å²) < 4.78 is 0. The summed E-state index contributed by atoms with van der Waals surface area (Å²) in [5.41, 5.74) is 9.14. The van der Waals surface area contributed by atoms with Crippen LogP contribution in [0.1, 0.15) is 21.5 Å². The van der Waals surface area contributed by atoms with Gasteiger partial charge in [0.25, 0.3) is 5.91 Å². The SMILES string of the molecule is Cc1cc(N)cc(C(=O)N(C)Cc2ccccc2)c1. The zero-order valence-electron chi connectivity index (χ0n) is 11.3. The third-order valence-corrected chi connectivity index (χ3v) is 2.96. The van der Waals surface area contributed by atoms with Gasteiger partial charge in [-0.05, 0) is 36.2 Å². The van der Waals surface area contributed by atoms with E-state index < -0.39 is 0 Å². The van der Waals surface area contributed by atoms with Gasteiger partial charge < -0.3 is 10.6 Å². The molecule has 2 aromatic carbocycles. The molecule has 0 saturated heterocycles. The largest absolute Gasteiger partial charge is 0.399 e. The van der Waals surface area contributed by atoms with Gasteiger partial charge in [-0.2, -0.15) is 0 Å². The maximum absolute atomic E-state index is 12.3. The third kappa shape index (κ3) is 3.35. The van der Waals surface area contributed by atoms with Gasteiger partial charge in [0.15, 0.2) is 0 Å². The van der Waals surface area contributed by atoms with Gasteiger partial charge in [-0.25, -0.2) is 0 Å². The molecule has 2 aromatic rings. The van der Waals surface area contributed by atoms with Gasteiger partial charge in [0.2, 0.25) is 0 Å². The van der Waals surface area contributed by atoms with Crippen LogP contribution in [-0.4, -0.2) is 17.9 Å². The lowest BCUT2D eigenvalue weighted by Gasteiger charge is -2.18. The molecule has 98 valence electrons. The van der Waals surface area contributed by atoms with Crippen molar-refractivity contribution >= 4 is 11.6 Å². The van der Waals surface area contributed by atoms with Gasteiger partial charge in [0.1, 0.15) is 0 Å². The van der Waals surface area contributed by atoms with E-state index in [1.165, 1.54) is 0 Å². The van der Waals surface area contributed by atoms with Crippen LogP contribution in [0.15, 0.2) is 48.5 Å². The number of nitrogens with zero attached hydrogens (tertiary/aromatic N) is 1. The highest BCUT2D eigenvalue weighted by molar-refractivity contribution is 5.95. The Morgan fingerprint density at radius 1 is 1.16 bits per heavy atom. The summed E-state index contributed by atoms with van der Waals surface area (Å²) in [6.45, 7) is 2.53. The number of benzene rings is 2. The molecule has 2 N–H and O–H groups in total. The first-order valence-electron chi connectivity index (χ1n) is 6.23. The molecule has 1 amide bonds. The normalized spacial score (nSPS) is 10.2. The van der Waals surface area contributed by atoms with Crippen molar-refractivity contribution in [2.75, 3.05) is 12.8 Å². The van der Waals surface area contributed by atoms with Crippen LogP contribution >= 0.6 is 0 Å². The molecule has 0 aromatic heterocycles. The van der Waals surface area contributed by atoms with Crippen molar-refractivity contribution in [3.05, 3.63) is 65.2 Å². The number of aryl methyl sites for hydroxylation is 1. The molecule has 0 fully saturated rings. The molecule has 0 aliphatic heterocycles. The second-order valence-corrected chi connectivity index (χ2v) is 4.78. The molecule has 0 spiro atoms. The fourth-order valence-corrected chi connectivity index (χ4v) is 2.09. The Morgan fingerprint density at radius 2 is 1.84 bits per heavy atom. The Bertz CT molecular complexity index is 558. The van der Waals surface area contributed by atoms with Crippen molar-refractivity contribution in [3.63, 3.8) is 0 Å². The molecule has 0 aliphatic rings. The minimum absolute atomic E-state index is 0.0146. The minimum Gasteiger partial charge on any atom is -0.399 e. The molecule has 0 unspecified atom stereocenters. The number of rotatable bonds is 3. The number of carbonyl (C=O) groups excluding carboxylic acids is 1. The number of nitrogen functional groups attached to an aromatic ring is 1. The number of amides is 1. The number of anilines is 1. The van der Waals surface area contributed by atoms with Crippen LogP contribution in [-0.2, 0) is 6.54 Å². The summed E-state index contributed by atoms with van der Waals surface area (Å²) in [5, 5.41) is 0. The van der Waals surface area contributed by atoms with Gasteiger partial charge in [-0.3, -0.25) is 4.79 Å². The van der Waals surface area contributed by atoms with Crippen molar-refractivity contribution in [2.45, 2.75) is 13.5 Å². The van der Waals surface area contributed by atoms with E-state index in [0.717, 1.165) is 11.1 Å². The molecule has 3 heteroatoms. The molecule has 0 saturated carbocycles. The van der Waals surface area contributed by atoms with E-state index in [1.807, 2.05) is 49.4 Å². The summed E-state index contributed by atoms with van der Waals surface area (Å²) in [6, 6.07) is 15.4. The Morgan fingerprint density at radius 3 is 2.47 bits per heavy atom. The molecule has 3 nitrogen and oxygen atoms in total. The summed E-state index contributed by atoms with van der Waals surface area (Å²) in [6.07, 6.45) is 0. The Balaban J connectivity index is 2.15. The van der Waals surface area contributed by atoms with Gasteiger partial charge >= 0.3 is 0 Å². The Labute approximate surface area is 113 Å². The Hall–Kier alpha value is -2.29. The zero-order chi connectivity index (χ0) is 13.8. The minimum atomic E-state index is -0.0146. The predicted molar refractivity (Wildman–Crippen MR) is 77.8 cm³/mol. The molecule has 0 radical (unpaired) electrons. The highest BCUT2D eigenvalue weighted by Crippen LogP contribution is 2.14. The third-order valence-electron chi connectivity index (χ3n) is 2.96. The van der Waals surface area contributed by atoms with Crippen LogP contribution in [0, 0.1) is 6.92 Å². The van der Waals surface area contributed by atoms with E-state index in [-0.39, 0.29) is 5.91 Å². The second kappa shape index (κ2) is 5.57. The standard InChI is InChI=1S/C16H18N2O/c1-12-8-14(10-15(17)9-12)16(19)18(2)11-13-6-4-3-5-7-13/h3-10H,11,17H2,1-2H3. The van der Waals surface area contributed by atoms with Crippen LogP contribution in [0.2, 0.25) is 0 Å². The van der Waals surface area contributed by atoms with Gasteiger partial charge in [0, 0.05) is 24.8 Å². The molecular formula is C16H18N2O. The van der Waals surface area contributed by atoms with Crippen molar-refractivity contribution in [1.82, 2.24) is 4.90 Å². The van der Waals surface area contributed by atoms with Crippen LogP contribution < -0.4 is 5.73 Å². The Kier molecular flexibility index (Phi) is 3.85. The van der Waals surface area contributed by atoms with Crippen LogP contribution in [0.5, 0.6) is 0 Å². The molecular weight excluding hydrogens is 236 g/mol. The molecule has 0 aliphatic carbocycles. The summed E-state index contributed by atoms with van der Waals surface area (Å²) in [5.74, 6) is -0.0146. The molecule has 0 heterocycles. The molecule has 0 atom stereocenters. The van der Waals surface area contributed by atoms with E-state index in [4.69, 9.17) is 5.73 Å². The fourth-order valence-electron chi connectivity index (χ4n) is 2.09. The highest BCUT2D eigenvalue weighted by atomic mass is 16.2. The fraction of sp³-hybridized carbons (Fsp3) is 0.188. The topological polar surface area (TPSA) is 46.3 Å².